The van der Waals surface area contributed by atoms with E-state index in [0.717, 1.165) is 36.8 Å². The summed E-state index contributed by atoms with van der Waals surface area (Å²) >= 11 is 3.38. The minimum atomic E-state index is -0.189. The van der Waals surface area contributed by atoms with E-state index in [4.69, 9.17) is 0 Å². The van der Waals surface area contributed by atoms with Crippen LogP contribution in [0.2, 0.25) is 0 Å². The Kier molecular flexibility index (Phi) is 3.12. The van der Waals surface area contributed by atoms with Gasteiger partial charge in [0, 0.05) is 30.8 Å². The molecule has 116 valence electrons. The minimum Gasteiger partial charge on any atom is -0.507 e. The first-order valence-corrected chi connectivity index (χ1v) is 8.59. The third-order valence-corrected chi connectivity index (χ3v) is 6.57. The average molecular weight is 364 g/mol. The number of likely N-dealkylation sites (tertiary alicyclic amines) is 1. The van der Waals surface area contributed by atoms with Crippen molar-refractivity contribution in [2.75, 3.05) is 6.54 Å². The van der Waals surface area contributed by atoms with Crippen molar-refractivity contribution in [2.24, 2.45) is 5.92 Å². The molecule has 1 saturated carbocycles. The number of ketones is 1. The summed E-state index contributed by atoms with van der Waals surface area (Å²) in [5.74, 6) is 0.878. The summed E-state index contributed by atoms with van der Waals surface area (Å²) < 4.78 is 0.680. The third-order valence-electron chi connectivity index (χ3n) is 5.94. The van der Waals surface area contributed by atoms with Crippen LogP contribution in [0.15, 0.2) is 16.6 Å². The summed E-state index contributed by atoms with van der Waals surface area (Å²) in [5, 5.41) is 10.1. The normalized spacial score (nSPS) is 33.1. The molecule has 1 saturated heterocycles. The van der Waals surface area contributed by atoms with E-state index >= 15 is 0 Å². The van der Waals surface area contributed by atoms with E-state index in [-0.39, 0.29) is 17.2 Å². The maximum Gasteiger partial charge on any atom is 0.209 e. The van der Waals surface area contributed by atoms with Gasteiger partial charge in [-0.15, -0.1) is 0 Å². The van der Waals surface area contributed by atoms with Crippen molar-refractivity contribution in [3.63, 3.8) is 0 Å². The Labute approximate surface area is 137 Å². The molecule has 2 fully saturated rings. The Hall–Kier alpha value is -1.36. The Balaban J connectivity index is 1.92. The van der Waals surface area contributed by atoms with Gasteiger partial charge in [-0.25, -0.2) is 0 Å². The topological polar surface area (TPSA) is 57.6 Å². The fourth-order valence-electron chi connectivity index (χ4n) is 5.00. The van der Waals surface area contributed by atoms with E-state index < -0.39 is 0 Å². The van der Waals surface area contributed by atoms with E-state index in [1.54, 1.807) is 0 Å². The van der Waals surface area contributed by atoms with Crippen LogP contribution >= 0.6 is 15.9 Å². The van der Waals surface area contributed by atoms with E-state index in [0.29, 0.717) is 35.6 Å². The van der Waals surface area contributed by atoms with Crippen molar-refractivity contribution in [2.45, 2.75) is 43.6 Å². The lowest BCUT2D eigenvalue weighted by Gasteiger charge is -2.57. The second-order valence-electron chi connectivity index (χ2n) is 6.84. The number of phenols is 1. The molecule has 5 heteroatoms. The lowest BCUT2D eigenvalue weighted by molar-refractivity contribution is -0.132. The van der Waals surface area contributed by atoms with E-state index in [1.807, 2.05) is 17.0 Å². The predicted octanol–water partition coefficient (Wildman–Crippen LogP) is 2.55. The average Bonchev–Trinajstić information content (AvgIpc) is 2.49. The van der Waals surface area contributed by atoms with Crippen LogP contribution in [0.5, 0.6) is 5.75 Å². The number of nitrogens with zero attached hydrogens (tertiary/aromatic N) is 1. The molecule has 1 heterocycles. The van der Waals surface area contributed by atoms with Gasteiger partial charge in [0.05, 0.1) is 4.47 Å². The van der Waals surface area contributed by atoms with Gasteiger partial charge in [0.1, 0.15) is 11.5 Å². The number of hydrogen-bond donors (Lipinski definition) is 1. The van der Waals surface area contributed by atoms with Crippen LogP contribution in [-0.4, -0.2) is 34.8 Å². The quantitative estimate of drug-likeness (QED) is 0.780. The molecule has 3 aliphatic rings. The first-order chi connectivity index (χ1) is 10.5. The van der Waals surface area contributed by atoms with Gasteiger partial charge >= 0.3 is 0 Å². The Morgan fingerprint density at radius 1 is 1.41 bits per heavy atom. The third kappa shape index (κ3) is 1.81. The monoisotopic (exact) mass is 363 g/mol. The first kappa shape index (κ1) is 14.2. The number of piperidine rings is 1. The molecule has 2 aliphatic carbocycles. The van der Waals surface area contributed by atoms with Crippen LogP contribution in [0.1, 0.15) is 36.8 Å². The molecule has 0 unspecified atom stereocenters. The number of aromatic hydroxyl groups is 1. The van der Waals surface area contributed by atoms with Crippen molar-refractivity contribution < 1.29 is 14.7 Å². The molecule has 0 spiro atoms. The molecular formula is C17H18BrNO3. The molecule has 2 bridgehead atoms. The van der Waals surface area contributed by atoms with E-state index in [1.165, 1.54) is 0 Å². The van der Waals surface area contributed by atoms with Crippen LogP contribution < -0.4 is 0 Å². The number of rotatable bonds is 1. The fraction of sp³-hybridized carbons (Fsp3) is 0.529. The van der Waals surface area contributed by atoms with Crippen LogP contribution in [0.4, 0.5) is 0 Å². The Morgan fingerprint density at radius 3 is 3.00 bits per heavy atom. The van der Waals surface area contributed by atoms with Gasteiger partial charge < -0.3 is 10.0 Å². The Bertz CT molecular complexity index is 674. The van der Waals surface area contributed by atoms with Crippen LogP contribution in [0, 0.1) is 5.92 Å². The molecule has 1 aliphatic heterocycles. The smallest absolute Gasteiger partial charge is 0.209 e. The Morgan fingerprint density at radius 2 is 2.23 bits per heavy atom. The number of hydrogen-bond acceptors (Lipinski definition) is 3. The van der Waals surface area contributed by atoms with Crippen molar-refractivity contribution >= 4 is 28.1 Å². The highest BCUT2D eigenvalue weighted by atomic mass is 79.9. The summed E-state index contributed by atoms with van der Waals surface area (Å²) in [5.41, 5.74) is 2.10. The van der Waals surface area contributed by atoms with Crippen LogP contribution in [0.25, 0.3) is 0 Å². The number of phenolic OH excluding ortho intramolecular Hbond substituents is 1. The second-order valence-corrected chi connectivity index (χ2v) is 7.70. The summed E-state index contributed by atoms with van der Waals surface area (Å²) in [6.45, 7) is 0.703. The van der Waals surface area contributed by atoms with Gasteiger partial charge in [-0.05, 0) is 64.4 Å². The highest BCUT2D eigenvalue weighted by Crippen LogP contribution is 2.55. The second kappa shape index (κ2) is 4.82. The highest BCUT2D eigenvalue weighted by molar-refractivity contribution is 9.10. The number of Topliss-reactive ketones (excluding diaryl/α,β-unsaturated/α-hetero) is 1. The van der Waals surface area contributed by atoms with Gasteiger partial charge in [0.25, 0.3) is 0 Å². The number of benzene rings is 1. The maximum absolute atomic E-state index is 12.2. The van der Waals surface area contributed by atoms with Crippen molar-refractivity contribution in [1.29, 1.82) is 0 Å². The zero-order chi connectivity index (χ0) is 15.5. The van der Waals surface area contributed by atoms with Gasteiger partial charge in [-0.3, -0.25) is 9.59 Å². The van der Waals surface area contributed by atoms with E-state index in [2.05, 4.69) is 15.9 Å². The molecule has 22 heavy (non-hydrogen) atoms. The van der Waals surface area contributed by atoms with E-state index in [9.17, 15) is 14.7 Å². The SMILES string of the molecule is O=CN1CC[C@]23CC(=O)CC[C@H]2[C@H]1Cc1cc(Br)c(O)cc13. The zero-order valence-corrected chi connectivity index (χ0v) is 13.8. The van der Waals surface area contributed by atoms with Crippen LogP contribution in [0.3, 0.4) is 0 Å². The fourth-order valence-corrected chi connectivity index (χ4v) is 5.40. The molecule has 0 aromatic heterocycles. The molecular weight excluding hydrogens is 346 g/mol. The molecule has 3 atom stereocenters. The van der Waals surface area contributed by atoms with Gasteiger partial charge in [0.15, 0.2) is 0 Å². The number of carbonyl (C=O) groups excluding carboxylic acids is 2. The lowest BCUT2D eigenvalue weighted by Crippen LogP contribution is -2.61. The van der Waals surface area contributed by atoms with Gasteiger partial charge in [-0.2, -0.15) is 0 Å². The van der Waals surface area contributed by atoms with Crippen molar-refractivity contribution in [3.05, 3.63) is 27.7 Å². The summed E-state index contributed by atoms with van der Waals surface area (Å²) in [6.07, 6.45) is 4.61. The van der Waals surface area contributed by atoms with Gasteiger partial charge in [0.2, 0.25) is 6.41 Å². The number of fused-ring (bicyclic) bond motifs is 1. The minimum absolute atomic E-state index is 0.184. The standard InChI is InChI=1S/C17H18BrNO3/c18-14-5-10-6-15-12-2-1-11(21)8-17(12,3-4-19(15)9-20)13(10)7-16(14)22/h5,7,9,12,15,22H,1-4,6,8H2/t12-,15+,17-/m0/s1. The maximum atomic E-state index is 12.2. The predicted molar refractivity (Wildman–Crippen MR) is 84.7 cm³/mol. The number of halogens is 1. The molecule has 4 nitrogen and oxygen atoms in total. The molecule has 4 rings (SSSR count). The summed E-state index contributed by atoms with van der Waals surface area (Å²) in [7, 11) is 0. The summed E-state index contributed by atoms with van der Waals surface area (Å²) in [6, 6.07) is 3.99. The van der Waals surface area contributed by atoms with Crippen molar-refractivity contribution in [1.82, 2.24) is 4.90 Å². The van der Waals surface area contributed by atoms with Gasteiger partial charge in [-0.1, -0.05) is 0 Å². The van der Waals surface area contributed by atoms with Crippen molar-refractivity contribution in [3.8, 4) is 5.75 Å². The summed E-state index contributed by atoms with van der Waals surface area (Å²) in [4.78, 5) is 25.5. The lowest BCUT2D eigenvalue weighted by atomic mass is 9.52. The molecule has 0 radical (unpaired) electrons. The first-order valence-electron chi connectivity index (χ1n) is 7.80. The molecule has 1 aromatic carbocycles. The molecule has 1 N–H and O–H groups in total. The largest absolute Gasteiger partial charge is 0.507 e. The molecule has 1 aromatic rings. The van der Waals surface area contributed by atoms with Crippen LogP contribution in [-0.2, 0) is 21.4 Å². The molecule has 1 amide bonds. The number of amides is 1. The number of carbonyl (C=O) groups is 2. The highest BCUT2D eigenvalue weighted by Gasteiger charge is 2.55. The zero-order valence-electron chi connectivity index (χ0n) is 12.2.